The monoisotopic (exact) mass is 408 g/mol. The molecule has 29 heavy (non-hydrogen) atoms. The number of carbonyl (C=O) groups is 2. The molecule has 2 amide bonds. The van der Waals surface area contributed by atoms with E-state index in [-0.39, 0.29) is 17.6 Å². The molecule has 0 bridgehead atoms. The topological polar surface area (TPSA) is 93.2 Å². The number of hydrogen-bond acceptors (Lipinski definition) is 6. The van der Waals surface area contributed by atoms with Crippen LogP contribution in [0.25, 0.3) is 11.3 Å². The van der Waals surface area contributed by atoms with Gasteiger partial charge >= 0.3 is 0 Å². The van der Waals surface area contributed by atoms with Gasteiger partial charge in [-0.05, 0) is 48.5 Å². The maximum absolute atomic E-state index is 12.2. The van der Waals surface area contributed by atoms with E-state index in [1.165, 1.54) is 18.7 Å². The third kappa shape index (κ3) is 5.79. The molecule has 0 spiro atoms. The maximum Gasteiger partial charge on any atom is 0.234 e. The second kappa shape index (κ2) is 9.70. The number of methoxy groups -OCH3 is 1. The first-order chi connectivity index (χ1) is 14.0. The number of aromatic nitrogens is 2. The van der Waals surface area contributed by atoms with E-state index < -0.39 is 0 Å². The summed E-state index contributed by atoms with van der Waals surface area (Å²) in [5.41, 5.74) is 2.90. The van der Waals surface area contributed by atoms with Crippen LogP contribution in [-0.2, 0) is 9.59 Å². The van der Waals surface area contributed by atoms with Crippen molar-refractivity contribution in [1.82, 2.24) is 10.2 Å². The first-order valence-electron chi connectivity index (χ1n) is 8.82. The smallest absolute Gasteiger partial charge is 0.234 e. The van der Waals surface area contributed by atoms with E-state index in [1.807, 2.05) is 36.4 Å². The molecular formula is C21H20N4O3S. The summed E-state index contributed by atoms with van der Waals surface area (Å²) in [6, 6.07) is 18.2. The molecule has 0 fully saturated rings. The molecule has 0 aliphatic heterocycles. The van der Waals surface area contributed by atoms with Crippen LogP contribution in [0.4, 0.5) is 11.4 Å². The molecule has 0 unspecified atom stereocenters. The van der Waals surface area contributed by atoms with Crippen LogP contribution in [-0.4, -0.2) is 34.9 Å². The molecule has 2 N–H and O–H groups in total. The average Bonchev–Trinajstić information content (AvgIpc) is 2.73. The van der Waals surface area contributed by atoms with Gasteiger partial charge in [-0.1, -0.05) is 23.9 Å². The van der Waals surface area contributed by atoms with Crippen LogP contribution in [0.5, 0.6) is 5.75 Å². The van der Waals surface area contributed by atoms with Crippen LogP contribution in [0, 0.1) is 0 Å². The number of nitrogens with one attached hydrogen (secondary N) is 2. The Morgan fingerprint density at radius 2 is 1.62 bits per heavy atom. The minimum Gasteiger partial charge on any atom is -0.496 e. The number of hydrogen-bond donors (Lipinski definition) is 2. The Labute approximate surface area is 172 Å². The molecule has 0 atom stereocenters. The number of amides is 2. The molecule has 1 aromatic heterocycles. The van der Waals surface area contributed by atoms with E-state index in [2.05, 4.69) is 20.8 Å². The highest BCUT2D eigenvalue weighted by atomic mass is 32.2. The molecule has 3 rings (SSSR count). The van der Waals surface area contributed by atoms with Gasteiger partial charge in [0.25, 0.3) is 0 Å². The van der Waals surface area contributed by atoms with Crippen molar-refractivity contribution in [3.63, 3.8) is 0 Å². The van der Waals surface area contributed by atoms with Crippen molar-refractivity contribution >= 4 is 35.0 Å². The minimum atomic E-state index is -0.155. The van der Waals surface area contributed by atoms with Gasteiger partial charge < -0.3 is 15.4 Å². The molecule has 148 valence electrons. The van der Waals surface area contributed by atoms with Gasteiger partial charge in [-0.2, -0.15) is 0 Å². The van der Waals surface area contributed by atoms with Crippen LogP contribution in [0.15, 0.2) is 65.7 Å². The van der Waals surface area contributed by atoms with Crippen molar-refractivity contribution in [1.29, 1.82) is 0 Å². The number of benzene rings is 2. The van der Waals surface area contributed by atoms with Crippen molar-refractivity contribution in [3.05, 3.63) is 60.7 Å². The largest absolute Gasteiger partial charge is 0.496 e. The zero-order valence-corrected chi connectivity index (χ0v) is 16.8. The fourth-order valence-electron chi connectivity index (χ4n) is 2.57. The Morgan fingerprint density at radius 1 is 0.931 bits per heavy atom. The van der Waals surface area contributed by atoms with Gasteiger partial charge in [-0.3, -0.25) is 9.59 Å². The standard InChI is InChI=1S/C21H20N4O3S/c1-14(26)22-15-7-9-16(10-8-15)23-20(27)13-29-21-12-11-18(24-25-21)17-5-3-4-6-19(17)28-2/h3-12H,13H2,1-2H3,(H,22,26)(H,23,27). The number of rotatable bonds is 7. The molecule has 0 aliphatic carbocycles. The first-order valence-corrected chi connectivity index (χ1v) is 9.81. The number of ether oxygens (including phenoxy) is 1. The maximum atomic E-state index is 12.2. The molecule has 2 aromatic carbocycles. The van der Waals surface area contributed by atoms with Crippen LogP contribution in [0.1, 0.15) is 6.92 Å². The van der Waals surface area contributed by atoms with Crippen molar-refractivity contribution in [3.8, 4) is 17.0 Å². The summed E-state index contributed by atoms with van der Waals surface area (Å²) in [5, 5.41) is 14.6. The molecule has 7 nitrogen and oxygen atoms in total. The van der Waals surface area contributed by atoms with Crippen LogP contribution >= 0.6 is 11.8 Å². The van der Waals surface area contributed by atoms with E-state index >= 15 is 0 Å². The van der Waals surface area contributed by atoms with E-state index in [0.29, 0.717) is 22.1 Å². The number of nitrogens with zero attached hydrogens (tertiary/aromatic N) is 2. The number of anilines is 2. The van der Waals surface area contributed by atoms with E-state index in [1.54, 1.807) is 31.4 Å². The van der Waals surface area contributed by atoms with E-state index in [0.717, 1.165) is 11.3 Å². The van der Waals surface area contributed by atoms with E-state index in [4.69, 9.17) is 4.74 Å². The molecule has 1 heterocycles. The first kappa shape index (κ1) is 20.3. The number of para-hydroxylation sites is 1. The summed E-state index contributed by atoms with van der Waals surface area (Å²) in [4.78, 5) is 23.2. The quantitative estimate of drug-likeness (QED) is 0.577. The molecule has 0 radical (unpaired) electrons. The van der Waals surface area contributed by atoms with Gasteiger partial charge in [0.15, 0.2) is 0 Å². The highest BCUT2D eigenvalue weighted by molar-refractivity contribution is 7.99. The molecule has 3 aromatic rings. The summed E-state index contributed by atoms with van der Waals surface area (Å²) in [7, 11) is 1.61. The Hall–Kier alpha value is -3.39. The third-order valence-electron chi connectivity index (χ3n) is 3.86. The van der Waals surface area contributed by atoms with Gasteiger partial charge in [-0.25, -0.2) is 0 Å². The fourth-order valence-corrected chi connectivity index (χ4v) is 3.19. The fraction of sp³-hybridized carbons (Fsp3) is 0.143. The van der Waals surface area contributed by atoms with Crippen LogP contribution in [0.2, 0.25) is 0 Å². The summed E-state index contributed by atoms with van der Waals surface area (Å²) >= 11 is 1.30. The SMILES string of the molecule is COc1ccccc1-c1ccc(SCC(=O)Nc2ccc(NC(C)=O)cc2)nn1. The zero-order valence-electron chi connectivity index (χ0n) is 16.0. The van der Waals surface area contributed by atoms with Gasteiger partial charge in [-0.15, -0.1) is 10.2 Å². The second-order valence-corrected chi connectivity index (χ2v) is 7.05. The summed E-state index contributed by atoms with van der Waals surface area (Å²) < 4.78 is 5.35. The normalized spacial score (nSPS) is 10.3. The van der Waals surface area contributed by atoms with Crippen molar-refractivity contribution in [2.75, 3.05) is 23.5 Å². The Balaban J connectivity index is 1.54. The van der Waals surface area contributed by atoms with Crippen LogP contribution < -0.4 is 15.4 Å². The molecular weight excluding hydrogens is 388 g/mol. The molecule has 0 saturated heterocycles. The third-order valence-corrected chi connectivity index (χ3v) is 4.78. The number of thioether (sulfide) groups is 1. The van der Waals surface area contributed by atoms with Gasteiger partial charge in [0.05, 0.1) is 18.6 Å². The summed E-state index contributed by atoms with van der Waals surface area (Å²) in [5.74, 6) is 0.635. The lowest BCUT2D eigenvalue weighted by Gasteiger charge is -2.08. The predicted octanol–water partition coefficient (Wildman–Crippen LogP) is 3.84. The summed E-state index contributed by atoms with van der Waals surface area (Å²) in [6.45, 7) is 1.44. The van der Waals surface area contributed by atoms with E-state index in [9.17, 15) is 9.59 Å². The Bertz CT molecular complexity index is 992. The zero-order chi connectivity index (χ0) is 20.6. The molecule has 0 saturated carbocycles. The van der Waals surface area contributed by atoms with Crippen LogP contribution in [0.3, 0.4) is 0 Å². The Kier molecular flexibility index (Phi) is 6.80. The second-order valence-electron chi connectivity index (χ2n) is 6.05. The minimum absolute atomic E-state index is 0.143. The lowest BCUT2D eigenvalue weighted by atomic mass is 10.1. The summed E-state index contributed by atoms with van der Waals surface area (Å²) in [6.07, 6.45) is 0. The lowest BCUT2D eigenvalue weighted by Crippen LogP contribution is -2.14. The lowest BCUT2D eigenvalue weighted by molar-refractivity contribution is -0.114. The molecule has 8 heteroatoms. The number of carbonyl (C=O) groups excluding carboxylic acids is 2. The molecule has 0 aliphatic rings. The van der Waals surface area contributed by atoms with Crippen molar-refractivity contribution in [2.24, 2.45) is 0 Å². The average molecular weight is 408 g/mol. The van der Waals surface area contributed by atoms with Gasteiger partial charge in [0.1, 0.15) is 10.8 Å². The Morgan fingerprint density at radius 3 is 2.24 bits per heavy atom. The highest BCUT2D eigenvalue weighted by Gasteiger charge is 2.09. The highest BCUT2D eigenvalue weighted by Crippen LogP contribution is 2.28. The van der Waals surface area contributed by atoms with Gasteiger partial charge in [0, 0.05) is 23.9 Å². The predicted molar refractivity (Wildman–Crippen MR) is 114 cm³/mol. The van der Waals surface area contributed by atoms with Crippen molar-refractivity contribution < 1.29 is 14.3 Å². The van der Waals surface area contributed by atoms with Gasteiger partial charge in [0.2, 0.25) is 11.8 Å². The van der Waals surface area contributed by atoms with Crippen molar-refractivity contribution in [2.45, 2.75) is 11.9 Å².